The van der Waals surface area contributed by atoms with Gasteiger partial charge >= 0.3 is 0 Å². The van der Waals surface area contributed by atoms with Crippen LogP contribution in [0.25, 0.3) is 10.8 Å². The molecule has 0 heterocycles. The van der Waals surface area contributed by atoms with Gasteiger partial charge in [-0.05, 0) is 35.9 Å². The predicted molar refractivity (Wildman–Crippen MR) is 87.3 cm³/mol. The van der Waals surface area contributed by atoms with Crippen LogP contribution in [0.4, 0.5) is 0 Å². The Labute approximate surface area is 126 Å². The van der Waals surface area contributed by atoms with Gasteiger partial charge in [0.25, 0.3) is 0 Å². The molecule has 0 aliphatic heterocycles. The van der Waals surface area contributed by atoms with E-state index < -0.39 is 0 Å². The maximum atomic E-state index is 6.33. The van der Waals surface area contributed by atoms with Gasteiger partial charge in [0.1, 0.15) is 0 Å². The summed E-state index contributed by atoms with van der Waals surface area (Å²) in [5.41, 5.74) is 1.40. The first kappa shape index (κ1) is 13.9. The van der Waals surface area contributed by atoms with Crippen molar-refractivity contribution in [2.75, 3.05) is 6.54 Å². The van der Waals surface area contributed by atoms with Crippen LogP contribution in [0.2, 0.25) is 5.02 Å². The fourth-order valence-electron chi connectivity index (χ4n) is 3.22. The lowest BCUT2D eigenvalue weighted by Gasteiger charge is -2.31. The molecule has 0 spiro atoms. The van der Waals surface area contributed by atoms with E-state index in [2.05, 4.69) is 42.6 Å². The van der Waals surface area contributed by atoms with Gasteiger partial charge in [-0.3, -0.25) is 0 Å². The quantitative estimate of drug-likeness (QED) is 0.783. The van der Waals surface area contributed by atoms with Crippen LogP contribution in [0.5, 0.6) is 0 Å². The number of rotatable bonds is 5. The third-order valence-electron chi connectivity index (χ3n) is 4.52. The maximum Gasteiger partial charge on any atom is 0.0484 e. The van der Waals surface area contributed by atoms with Crippen molar-refractivity contribution < 1.29 is 0 Å². The molecule has 0 aromatic heterocycles. The molecule has 1 nitrogen and oxygen atoms in total. The van der Waals surface area contributed by atoms with E-state index in [0.717, 1.165) is 17.5 Å². The SMILES string of the molecule is CCNC(CC1CCC1)c1ccc(Cl)c2ccccc12. The van der Waals surface area contributed by atoms with E-state index in [9.17, 15) is 0 Å². The molecule has 1 aliphatic carbocycles. The third kappa shape index (κ3) is 2.70. The van der Waals surface area contributed by atoms with Crippen LogP contribution in [0.3, 0.4) is 0 Å². The molecule has 1 fully saturated rings. The molecular formula is C18H22ClN. The Morgan fingerprint density at radius 3 is 2.55 bits per heavy atom. The van der Waals surface area contributed by atoms with Gasteiger partial charge in [0.05, 0.1) is 0 Å². The van der Waals surface area contributed by atoms with Crippen LogP contribution in [0, 0.1) is 5.92 Å². The summed E-state index contributed by atoms with van der Waals surface area (Å²) in [6.45, 7) is 3.19. The van der Waals surface area contributed by atoms with Crippen LogP contribution >= 0.6 is 11.6 Å². The Morgan fingerprint density at radius 1 is 1.15 bits per heavy atom. The molecule has 2 heteroatoms. The monoisotopic (exact) mass is 287 g/mol. The molecule has 2 aromatic carbocycles. The van der Waals surface area contributed by atoms with Gasteiger partial charge in [0, 0.05) is 16.5 Å². The number of hydrogen-bond acceptors (Lipinski definition) is 1. The van der Waals surface area contributed by atoms with Gasteiger partial charge < -0.3 is 5.32 Å². The Hall–Kier alpha value is -1.05. The lowest BCUT2D eigenvalue weighted by atomic mass is 9.79. The number of nitrogens with one attached hydrogen (secondary N) is 1. The predicted octanol–water partition coefficient (Wildman–Crippen LogP) is 5.33. The van der Waals surface area contributed by atoms with Crippen molar-refractivity contribution in [2.24, 2.45) is 5.92 Å². The molecule has 3 rings (SSSR count). The number of benzene rings is 2. The molecule has 20 heavy (non-hydrogen) atoms. The number of fused-ring (bicyclic) bond motifs is 1. The summed E-state index contributed by atoms with van der Waals surface area (Å²) in [5.74, 6) is 0.897. The maximum absolute atomic E-state index is 6.33. The van der Waals surface area contributed by atoms with Crippen molar-refractivity contribution in [3.8, 4) is 0 Å². The largest absolute Gasteiger partial charge is 0.310 e. The third-order valence-corrected chi connectivity index (χ3v) is 4.85. The summed E-state index contributed by atoms with van der Waals surface area (Å²) in [4.78, 5) is 0. The summed E-state index contributed by atoms with van der Waals surface area (Å²) in [7, 11) is 0. The second-order valence-electron chi connectivity index (χ2n) is 5.83. The van der Waals surface area contributed by atoms with Gasteiger partial charge in [-0.15, -0.1) is 0 Å². The van der Waals surface area contributed by atoms with E-state index in [-0.39, 0.29) is 0 Å². The second-order valence-corrected chi connectivity index (χ2v) is 6.23. The molecular weight excluding hydrogens is 266 g/mol. The van der Waals surface area contributed by atoms with Crippen LogP contribution in [-0.4, -0.2) is 6.54 Å². The van der Waals surface area contributed by atoms with Gasteiger partial charge in [0.15, 0.2) is 0 Å². The first-order chi connectivity index (χ1) is 9.79. The standard InChI is InChI=1S/C18H22ClN/c1-2-20-18(12-13-6-5-7-13)16-10-11-17(19)15-9-4-3-8-14(15)16/h3-4,8-11,13,18,20H,2,5-7,12H2,1H3. The molecule has 1 N–H and O–H groups in total. The highest BCUT2D eigenvalue weighted by Crippen LogP contribution is 2.37. The van der Waals surface area contributed by atoms with E-state index in [1.165, 1.54) is 42.0 Å². The molecule has 0 amide bonds. The summed E-state index contributed by atoms with van der Waals surface area (Å²) < 4.78 is 0. The smallest absolute Gasteiger partial charge is 0.0484 e. The Bertz CT molecular complexity index is 589. The number of hydrogen-bond donors (Lipinski definition) is 1. The van der Waals surface area contributed by atoms with Gasteiger partial charge in [-0.25, -0.2) is 0 Å². The summed E-state index contributed by atoms with van der Waals surface area (Å²) in [6, 6.07) is 13.2. The topological polar surface area (TPSA) is 12.0 Å². The lowest BCUT2D eigenvalue weighted by Crippen LogP contribution is -2.26. The van der Waals surface area contributed by atoms with E-state index in [4.69, 9.17) is 11.6 Å². The Morgan fingerprint density at radius 2 is 1.90 bits per heavy atom. The molecule has 0 bridgehead atoms. The molecule has 1 saturated carbocycles. The molecule has 0 radical (unpaired) electrons. The number of halogens is 1. The van der Waals surface area contributed by atoms with Gasteiger partial charge in [-0.1, -0.05) is 68.1 Å². The van der Waals surface area contributed by atoms with Gasteiger partial charge in [-0.2, -0.15) is 0 Å². The normalized spacial score (nSPS) is 17.1. The van der Waals surface area contributed by atoms with Crippen LogP contribution in [0.15, 0.2) is 36.4 Å². The fraction of sp³-hybridized carbons (Fsp3) is 0.444. The van der Waals surface area contributed by atoms with Crippen LogP contribution < -0.4 is 5.32 Å². The van der Waals surface area contributed by atoms with E-state index >= 15 is 0 Å². The van der Waals surface area contributed by atoms with Crippen molar-refractivity contribution in [1.29, 1.82) is 0 Å². The summed E-state index contributed by atoms with van der Waals surface area (Å²) in [6.07, 6.45) is 5.45. The van der Waals surface area contributed by atoms with E-state index in [1.54, 1.807) is 0 Å². The second kappa shape index (κ2) is 6.15. The first-order valence-electron chi connectivity index (χ1n) is 7.70. The Kier molecular flexibility index (Phi) is 4.28. The van der Waals surface area contributed by atoms with E-state index in [1.807, 2.05) is 6.07 Å². The van der Waals surface area contributed by atoms with Gasteiger partial charge in [0.2, 0.25) is 0 Å². The molecule has 1 atom stereocenters. The molecule has 1 unspecified atom stereocenters. The fourth-order valence-corrected chi connectivity index (χ4v) is 3.45. The zero-order valence-electron chi connectivity index (χ0n) is 12.0. The molecule has 106 valence electrons. The first-order valence-corrected chi connectivity index (χ1v) is 8.08. The van der Waals surface area contributed by atoms with Crippen LogP contribution in [0.1, 0.15) is 44.2 Å². The highest BCUT2D eigenvalue weighted by molar-refractivity contribution is 6.35. The summed E-state index contributed by atoms with van der Waals surface area (Å²) >= 11 is 6.33. The van der Waals surface area contributed by atoms with E-state index in [0.29, 0.717) is 6.04 Å². The van der Waals surface area contributed by atoms with Crippen molar-refractivity contribution in [2.45, 2.75) is 38.6 Å². The van der Waals surface area contributed by atoms with Crippen molar-refractivity contribution in [3.05, 3.63) is 47.0 Å². The molecule has 0 saturated heterocycles. The Balaban J connectivity index is 1.98. The average molecular weight is 288 g/mol. The highest BCUT2D eigenvalue weighted by Gasteiger charge is 2.23. The highest BCUT2D eigenvalue weighted by atomic mass is 35.5. The van der Waals surface area contributed by atoms with Crippen molar-refractivity contribution in [1.82, 2.24) is 5.32 Å². The zero-order valence-corrected chi connectivity index (χ0v) is 12.8. The minimum atomic E-state index is 0.451. The van der Waals surface area contributed by atoms with Crippen molar-refractivity contribution >= 4 is 22.4 Å². The lowest BCUT2D eigenvalue weighted by molar-refractivity contribution is 0.263. The van der Waals surface area contributed by atoms with Crippen LogP contribution in [-0.2, 0) is 0 Å². The summed E-state index contributed by atoms with van der Waals surface area (Å²) in [5, 5.41) is 6.98. The molecule has 1 aliphatic rings. The minimum absolute atomic E-state index is 0.451. The van der Waals surface area contributed by atoms with Crippen molar-refractivity contribution in [3.63, 3.8) is 0 Å². The zero-order chi connectivity index (χ0) is 13.9. The minimum Gasteiger partial charge on any atom is -0.310 e. The molecule has 2 aromatic rings. The average Bonchev–Trinajstić information content (AvgIpc) is 2.43.